The minimum Gasteiger partial charge on any atom is -0.369 e. The zero-order valence-electron chi connectivity index (χ0n) is 15.8. The monoisotopic (exact) mass is 404 g/mol. The lowest BCUT2D eigenvalue weighted by Gasteiger charge is -2.34. The van der Waals surface area contributed by atoms with Crippen LogP contribution in [0.3, 0.4) is 0 Å². The molecule has 2 aliphatic rings. The molecule has 1 aliphatic heterocycles. The van der Waals surface area contributed by atoms with E-state index < -0.39 is 6.04 Å². The Balaban J connectivity index is 1.34. The van der Waals surface area contributed by atoms with E-state index in [-0.39, 0.29) is 25.0 Å². The highest BCUT2D eigenvalue weighted by molar-refractivity contribution is 7.09. The molecule has 6 heteroatoms. The first-order chi connectivity index (χ1) is 14.2. The van der Waals surface area contributed by atoms with Crippen LogP contribution in [0.2, 0.25) is 0 Å². The van der Waals surface area contributed by atoms with E-state index in [1.54, 1.807) is 16.2 Å². The molecule has 1 atom stereocenters. The molecule has 0 bridgehead atoms. The molecule has 5 nitrogen and oxygen atoms in total. The van der Waals surface area contributed by atoms with Crippen LogP contribution >= 0.6 is 11.3 Å². The van der Waals surface area contributed by atoms with Crippen molar-refractivity contribution in [3.63, 3.8) is 0 Å². The van der Waals surface area contributed by atoms with Crippen molar-refractivity contribution < 1.29 is 14.3 Å². The zero-order chi connectivity index (χ0) is 19.8. The largest absolute Gasteiger partial charge is 0.369 e. The Morgan fingerprint density at radius 2 is 1.97 bits per heavy atom. The minimum atomic E-state index is -0.635. The van der Waals surface area contributed by atoms with Gasteiger partial charge in [0.1, 0.15) is 12.6 Å². The Hall–Kier alpha value is -2.96. The molecular formula is C23H20N2O3S. The van der Waals surface area contributed by atoms with E-state index in [1.807, 2.05) is 35.7 Å². The third-order valence-electron chi connectivity index (χ3n) is 5.47. The number of carbonyl (C=O) groups excluding carboxylic acids is 2. The van der Waals surface area contributed by atoms with Crippen LogP contribution in [-0.4, -0.2) is 36.0 Å². The van der Waals surface area contributed by atoms with Crippen molar-refractivity contribution >= 4 is 28.8 Å². The third kappa shape index (κ3) is 3.45. The molecule has 5 rings (SSSR count). The summed E-state index contributed by atoms with van der Waals surface area (Å²) in [6.07, 6.45) is 0.866. The lowest BCUT2D eigenvalue weighted by Crippen LogP contribution is -2.54. The number of anilines is 1. The summed E-state index contributed by atoms with van der Waals surface area (Å²) in [6.45, 7) is 0.656. The minimum absolute atomic E-state index is 0.0201. The maximum absolute atomic E-state index is 13.0. The van der Waals surface area contributed by atoms with E-state index in [4.69, 9.17) is 4.74 Å². The number of morpholine rings is 1. The number of amides is 2. The molecule has 1 aromatic heterocycles. The third-order valence-corrected chi connectivity index (χ3v) is 6.33. The van der Waals surface area contributed by atoms with Crippen LogP contribution in [0.4, 0.5) is 5.69 Å². The summed E-state index contributed by atoms with van der Waals surface area (Å²) in [5.74, 6) is -0.376. The zero-order valence-corrected chi connectivity index (χ0v) is 16.6. The first kappa shape index (κ1) is 18.1. The highest BCUT2D eigenvalue weighted by atomic mass is 32.1. The van der Waals surface area contributed by atoms with Crippen molar-refractivity contribution in [2.45, 2.75) is 19.0 Å². The summed E-state index contributed by atoms with van der Waals surface area (Å²) in [5, 5.41) is 4.96. The normalized spacial score (nSPS) is 17.7. The molecule has 0 saturated carbocycles. The summed E-state index contributed by atoms with van der Waals surface area (Å²) >= 11 is 1.58. The van der Waals surface area contributed by atoms with E-state index in [0.717, 1.165) is 17.0 Å². The van der Waals surface area contributed by atoms with E-state index >= 15 is 0 Å². The van der Waals surface area contributed by atoms with Crippen LogP contribution in [0.15, 0.2) is 60.0 Å². The van der Waals surface area contributed by atoms with Gasteiger partial charge in [-0.15, -0.1) is 11.3 Å². The number of thiophene rings is 1. The number of nitrogens with zero attached hydrogens (tertiary/aromatic N) is 1. The number of hydrogen-bond acceptors (Lipinski definition) is 4. The van der Waals surface area contributed by atoms with Crippen molar-refractivity contribution in [3.8, 4) is 11.1 Å². The Bertz CT molecular complexity index is 1080. The average molecular weight is 404 g/mol. The molecule has 0 spiro atoms. The number of nitrogens with one attached hydrogen (secondary N) is 1. The number of carbonyl (C=O) groups is 2. The molecule has 2 aromatic carbocycles. The van der Waals surface area contributed by atoms with Gasteiger partial charge >= 0.3 is 0 Å². The summed E-state index contributed by atoms with van der Waals surface area (Å²) in [4.78, 5) is 28.0. The van der Waals surface area contributed by atoms with Gasteiger partial charge in [0, 0.05) is 10.6 Å². The predicted octanol–water partition coefficient (Wildman–Crippen LogP) is 3.69. The van der Waals surface area contributed by atoms with Crippen molar-refractivity contribution in [2.24, 2.45) is 0 Å². The SMILES string of the molecule is O=C(Nc1ccc2c(c1)Cc1ccccc1-2)[C@H]1COCC(=O)N1Cc1cccs1. The highest BCUT2D eigenvalue weighted by Gasteiger charge is 2.34. The van der Waals surface area contributed by atoms with Crippen LogP contribution in [0.1, 0.15) is 16.0 Å². The predicted molar refractivity (Wildman–Crippen MR) is 113 cm³/mol. The molecule has 29 heavy (non-hydrogen) atoms. The van der Waals surface area contributed by atoms with Gasteiger partial charge in [0.2, 0.25) is 11.8 Å². The van der Waals surface area contributed by atoms with E-state index in [1.165, 1.54) is 22.3 Å². The highest BCUT2D eigenvalue weighted by Crippen LogP contribution is 2.37. The van der Waals surface area contributed by atoms with Gasteiger partial charge in [0.25, 0.3) is 0 Å². The summed E-state index contributed by atoms with van der Waals surface area (Å²) < 4.78 is 5.37. The molecule has 3 aromatic rings. The lowest BCUT2D eigenvalue weighted by molar-refractivity contribution is -0.153. The van der Waals surface area contributed by atoms with Gasteiger partial charge in [0.15, 0.2) is 0 Å². The van der Waals surface area contributed by atoms with Crippen molar-refractivity contribution in [1.29, 1.82) is 0 Å². The van der Waals surface area contributed by atoms with Crippen molar-refractivity contribution in [2.75, 3.05) is 18.5 Å². The maximum atomic E-state index is 13.0. The molecular weight excluding hydrogens is 384 g/mol. The van der Waals surface area contributed by atoms with Gasteiger partial charge < -0.3 is 15.0 Å². The van der Waals surface area contributed by atoms with Crippen LogP contribution in [0.25, 0.3) is 11.1 Å². The number of ether oxygens (including phenoxy) is 1. The molecule has 2 amide bonds. The molecule has 1 saturated heterocycles. The first-order valence-corrected chi connectivity index (χ1v) is 10.5. The fourth-order valence-electron chi connectivity index (χ4n) is 4.04. The van der Waals surface area contributed by atoms with Gasteiger partial charge in [-0.3, -0.25) is 9.59 Å². The average Bonchev–Trinajstić information content (AvgIpc) is 3.36. The fraction of sp³-hybridized carbons (Fsp3) is 0.217. The molecule has 1 aliphatic carbocycles. The molecule has 0 unspecified atom stereocenters. The Morgan fingerprint density at radius 3 is 2.83 bits per heavy atom. The Labute approximate surface area is 172 Å². The van der Waals surface area contributed by atoms with Crippen molar-refractivity contribution in [3.05, 3.63) is 76.0 Å². The lowest BCUT2D eigenvalue weighted by atomic mass is 10.1. The molecule has 2 heterocycles. The standard InChI is InChI=1S/C23H20N2O3S/c26-22-14-28-13-21(25(22)12-18-5-3-9-29-18)23(27)24-17-7-8-20-16(11-17)10-15-4-1-2-6-19(15)20/h1-9,11,21H,10,12-14H2,(H,24,27)/t21-/m1/s1. The maximum Gasteiger partial charge on any atom is 0.249 e. The quantitative estimate of drug-likeness (QED) is 0.564. The van der Waals surface area contributed by atoms with Crippen LogP contribution < -0.4 is 5.32 Å². The Morgan fingerprint density at radius 1 is 1.10 bits per heavy atom. The molecule has 1 N–H and O–H groups in total. The van der Waals surface area contributed by atoms with E-state index in [9.17, 15) is 9.59 Å². The molecule has 146 valence electrons. The van der Waals surface area contributed by atoms with Crippen LogP contribution in [0.5, 0.6) is 0 Å². The topological polar surface area (TPSA) is 58.6 Å². The van der Waals surface area contributed by atoms with Gasteiger partial charge in [-0.05, 0) is 52.3 Å². The first-order valence-electron chi connectivity index (χ1n) is 9.61. The number of rotatable bonds is 4. The van der Waals surface area contributed by atoms with E-state index in [0.29, 0.717) is 6.54 Å². The fourth-order valence-corrected chi connectivity index (χ4v) is 4.74. The number of hydrogen-bond donors (Lipinski definition) is 1. The van der Waals surface area contributed by atoms with Crippen LogP contribution in [-0.2, 0) is 27.3 Å². The van der Waals surface area contributed by atoms with Crippen LogP contribution in [0, 0.1) is 0 Å². The summed E-state index contributed by atoms with van der Waals surface area (Å²) in [7, 11) is 0. The van der Waals surface area contributed by atoms with Gasteiger partial charge in [-0.25, -0.2) is 0 Å². The smallest absolute Gasteiger partial charge is 0.249 e. The van der Waals surface area contributed by atoms with Crippen molar-refractivity contribution in [1.82, 2.24) is 4.90 Å². The van der Waals surface area contributed by atoms with E-state index in [2.05, 4.69) is 29.6 Å². The summed E-state index contributed by atoms with van der Waals surface area (Å²) in [5.41, 5.74) is 5.73. The van der Waals surface area contributed by atoms with Gasteiger partial charge in [0.05, 0.1) is 13.2 Å². The second-order valence-electron chi connectivity index (χ2n) is 7.33. The van der Waals surface area contributed by atoms with Gasteiger partial charge in [-0.2, -0.15) is 0 Å². The number of fused-ring (bicyclic) bond motifs is 3. The molecule has 1 fully saturated rings. The number of benzene rings is 2. The van der Waals surface area contributed by atoms with Gasteiger partial charge in [-0.1, -0.05) is 36.4 Å². The molecule has 0 radical (unpaired) electrons. The summed E-state index contributed by atoms with van der Waals surface area (Å²) in [6, 6.07) is 17.7. The Kier molecular flexibility index (Phi) is 4.66. The second kappa shape index (κ2) is 7.46. The second-order valence-corrected chi connectivity index (χ2v) is 8.36.